The normalized spacial score (nSPS) is 12.9. The number of methoxy groups -OCH3 is 1. The molecular weight excluding hydrogens is 485 g/mol. The molecule has 1 aromatic heterocycles. The lowest BCUT2D eigenvalue weighted by atomic mass is 9.97. The molecule has 0 radical (unpaired) electrons. The number of hydrogen-bond acceptors (Lipinski definition) is 3. The van der Waals surface area contributed by atoms with Crippen LogP contribution in [0.25, 0.3) is 11.1 Å². The van der Waals surface area contributed by atoms with Gasteiger partial charge in [0.15, 0.2) is 0 Å². The summed E-state index contributed by atoms with van der Waals surface area (Å²) < 4.78 is 48.0. The van der Waals surface area contributed by atoms with E-state index in [1.165, 1.54) is 54.5 Å². The number of benzene rings is 3. The molecule has 0 saturated carbocycles. The number of rotatable bonds is 4. The molecule has 1 aliphatic rings. The lowest BCUT2D eigenvalue weighted by Crippen LogP contribution is -2.30. The number of halogens is 3. The Balaban J connectivity index is 1.58. The number of amides is 1. The van der Waals surface area contributed by atoms with Gasteiger partial charge in [-0.05, 0) is 53.6 Å². The molecule has 3 aromatic carbocycles. The van der Waals surface area contributed by atoms with E-state index in [0.717, 1.165) is 11.6 Å². The number of carboxylic acid groups (broad SMARTS) is 1. The second-order valence-electron chi connectivity index (χ2n) is 8.58. The highest BCUT2D eigenvalue weighted by molar-refractivity contribution is 6.07. The Bertz CT molecular complexity index is 1520. The van der Waals surface area contributed by atoms with Crippen LogP contribution in [0, 0.1) is 0 Å². The van der Waals surface area contributed by atoms with E-state index in [2.05, 4.69) is 0 Å². The number of alkyl halides is 3. The average Bonchev–Trinajstić information content (AvgIpc) is 3.21. The first-order chi connectivity index (χ1) is 17.7. The molecule has 188 valence electrons. The minimum atomic E-state index is -4.56. The van der Waals surface area contributed by atoms with Crippen molar-refractivity contribution in [3.8, 4) is 16.9 Å². The molecule has 0 saturated heterocycles. The van der Waals surface area contributed by atoms with Crippen molar-refractivity contribution in [3.63, 3.8) is 0 Å². The van der Waals surface area contributed by atoms with E-state index in [1.807, 2.05) is 12.1 Å². The highest BCUT2D eigenvalue weighted by Gasteiger charge is 2.34. The molecule has 6 nitrogen and oxygen atoms in total. The second-order valence-corrected chi connectivity index (χ2v) is 8.58. The van der Waals surface area contributed by atoms with Gasteiger partial charge in [-0.15, -0.1) is 0 Å². The van der Waals surface area contributed by atoms with Gasteiger partial charge in [-0.3, -0.25) is 4.79 Å². The lowest BCUT2D eigenvalue weighted by Gasteiger charge is -2.23. The summed E-state index contributed by atoms with van der Waals surface area (Å²) in [6, 6.07) is 19.9. The standard InChI is InChI=1S/C28H21F3N2O4/c1-37-25-14-17(10-12-21(25)20-7-3-4-8-22(20)28(29,30)31)26(34)33-16-19-11-13-24(27(35)36)32(19)15-18-6-2-5-9-23(18)33/h2-14H,15-16H2,1H3,(H,35,36). The Morgan fingerprint density at radius 3 is 2.35 bits per heavy atom. The highest BCUT2D eigenvalue weighted by atomic mass is 19.4. The van der Waals surface area contributed by atoms with Gasteiger partial charge in [0.1, 0.15) is 11.4 Å². The van der Waals surface area contributed by atoms with Crippen LogP contribution >= 0.6 is 0 Å². The topological polar surface area (TPSA) is 71.8 Å². The Labute approximate surface area is 210 Å². The maximum absolute atomic E-state index is 13.8. The fraction of sp³-hybridized carbons (Fsp3) is 0.143. The number of hydrogen-bond donors (Lipinski definition) is 1. The van der Waals surface area contributed by atoms with Crippen LogP contribution in [-0.4, -0.2) is 28.7 Å². The predicted octanol–water partition coefficient (Wildman–Crippen LogP) is 6.09. The fourth-order valence-corrected chi connectivity index (χ4v) is 4.70. The van der Waals surface area contributed by atoms with Gasteiger partial charge in [0.05, 0.1) is 25.8 Å². The number of carbonyl (C=O) groups is 2. The van der Waals surface area contributed by atoms with E-state index >= 15 is 0 Å². The number of nitrogens with zero attached hydrogens (tertiary/aromatic N) is 2. The Morgan fingerprint density at radius 1 is 0.892 bits per heavy atom. The molecule has 9 heteroatoms. The number of aromatic nitrogens is 1. The van der Waals surface area contributed by atoms with Crippen molar-refractivity contribution in [2.45, 2.75) is 19.3 Å². The number of para-hydroxylation sites is 1. The van der Waals surface area contributed by atoms with Crippen LogP contribution in [0.15, 0.2) is 78.9 Å². The van der Waals surface area contributed by atoms with E-state index in [-0.39, 0.29) is 41.2 Å². The molecule has 0 atom stereocenters. The number of carbonyl (C=O) groups excluding carboxylic acids is 1. The van der Waals surface area contributed by atoms with Crippen molar-refractivity contribution >= 4 is 17.6 Å². The van der Waals surface area contributed by atoms with Crippen LogP contribution in [0.5, 0.6) is 5.75 Å². The van der Waals surface area contributed by atoms with Crippen molar-refractivity contribution in [2.24, 2.45) is 0 Å². The zero-order valence-corrected chi connectivity index (χ0v) is 19.6. The summed E-state index contributed by atoms with van der Waals surface area (Å²) in [4.78, 5) is 27.0. The molecule has 0 bridgehead atoms. The number of fused-ring (bicyclic) bond motifs is 2. The third-order valence-corrected chi connectivity index (χ3v) is 6.44. The van der Waals surface area contributed by atoms with Crippen LogP contribution in [0.4, 0.5) is 18.9 Å². The van der Waals surface area contributed by atoms with E-state index in [4.69, 9.17) is 4.74 Å². The monoisotopic (exact) mass is 506 g/mol. The van der Waals surface area contributed by atoms with Crippen molar-refractivity contribution in [3.05, 3.63) is 107 Å². The van der Waals surface area contributed by atoms with E-state index in [0.29, 0.717) is 11.4 Å². The molecule has 0 spiro atoms. The Morgan fingerprint density at radius 2 is 1.62 bits per heavy atom. The number of ether oxygens (including phenoxy) is 1. The average molecular weight is 506 g/mol. The largest absolute Gasteiger partial charge is 0.496 e. The third-order valence-electron chi connectivity index (χ3n) is 6.44. The lowest BCUT2D eigenvalue weighted by molar-refractivity contribution is -0.137. The molecule has 2 heterocycles. The molecule has 37 heavy (non-hydrogen) atoms. The SMILES string of the molecule is COc1cc(C(=O)N2Cc3ccc(C(=O)O)n3Cc3ccccc32)ccc1-c1ccccc1C(F)(F)F. The van der Waals surface area contributed by atoms with Gasteiger partial charge >= 0.3 is 12.1 Å². The summed E-state index contributed by atoms with van der Waals surface area (Å²) in [7, 11) is 1.34. The van der Waals surface area contributed by atoms with E-state index in [1.54, 1.807) is 22.8 Å². The molecule has 1 N–H and O–H groups in total. The molecule has 0 unspecified atom stereocenters. The number of carboxylic acids is 1. The molecule has 0 aliphatic carbocycles. The van der Waals surface area contributed by atoms with Gasteiger partial charge in [-0.25, -0.2) is 4.79 Å². The molecule has 1 amide bonds. The smallest absolute Gasteiger partial charge is 0.417 e. The molecule has 4 aromatic rings. The van der Waals surface area contributed by atoms with Crippen LogP contribution in [0.3, 0.4) is 0 Å². The molecular formula is C28H21F3N2O4. The first-order valence-corrected chi connectivity index (χ1v) is 11.3. The molecule has 5 rings (SSSR count). The third kappa shape index (κ3) is 4.33. The number of anilines is 1. The summed E-state index contributed by atoms with van der Waals surface area (Å²) in [5.74, 6) is -1.34. The maximum atomic E-state index is 13.8. The van der Waals surface area contributed by atoms with Crippen molar-refractivity contribution in [2.75, 3.05) is 12.0 Å². The second kappa shape index (κ2) is 9.16. The Hall–Kier alpha value is -4.53. The molecule has 0 fully saturated rings. The van der Waals surface area contributed by atoms with Gasteiger partial charge < -0.3 is 19.3 Å². The fourth-order valence-electron chi connectivity index (χ4n) is 4.70. The van der Waals surface area contributed by atoms with Crippen molar-refractivity contribution < 1.29 is 32.6 Å². The van der Waals surface area contributed by atoms with Gasteiger partial charge in [0.2, 0.25) is 0 Å². The first kappa shape index (κ1) is 24.2. The summed E-state index contributed by atoms with van der Waals surface area (Å²) >= 11 is 0. The van der Waals surface area contributed by atoms with Crippen LogP contribution in [0.2, 0.25) is 0 Å². The minimum Gasteiger partial charge on any atom is -0.496 e. The van der Waals surface area contributed by atoms with Crippen LogP contribution in [-0.2, 0) is 19.3 Å². The summed E-state index contributed by atoms with van der Waals surface area (Å²) in [6.45, 7) is 0.393. The van der Waals surface area contributed by atoms with Gasteiger partial charge in [-0.1, -0.05) is 36.4 Å². The summed E-state index contributed by atoms with van der Waals surface area (Å²) in [5.41, 5.74) is 1.72. The summed E-state index contributed by atoms with van der Waals surface area (Å²) in [5, 5.41) is 9.58. The first-order valence-electron chi connectivity index (χ1n) is 11.3. The zero-order chi connectivity index (χ0) is 26.3. The zero-order valence-electron chi connectivity index (χ0n) is 19.6. The highest BCUT2D eigenvalue weighted by Crippen LogP contribution is 2.41. The van der Waals surface area contributed by atoms with Gasteiger partial charge in [-0.2, -0.15) is 13.2 Å². The number of aromatic carboxylic acids is 1. The minimum absolute atomic E-state index is 0.0509. The van der Waals surface area contributed by atoms with Crippen LogP contribution < -0.4 is 9.64 Å². The predicted molar refractivity (Wildman–Crippen MR) is 131 cm³/mol. The van der Waals surface area contributed by atoms with E-state index in [9.17, 15) is 27.9 Å². The molecule has 1 aliphatic heterocycles. The van der Waals surface area contributed by atoms with Crippen molar-refractivity contribution in [1.82, 2.24) is 4.57 Å². The summed E-state index contributed by atoms with van der Waals surface area (Å²) in [6.07, 6.45) is -4.56. The quantitative estimate of drug-likeness (QED) is 0.364. The van der Waals surface area contributed by atoms with Gasteiger partial charge in [0, 0.05) is 22.5 Å². The Kier molecular flexibility index (Phi) is 5.99. The van der Waals surface area contributed by atoms with Crippen molar-refractivity contribution in [1.29, 1.82) is 0 Å². The van der Waals surface area contributed by atoms with Crippen LogP contribution in [0.1, 0.15) is 37.7 Å². The van der Waals surface area contributed by atoms with E-state index < -0.39 is 23.6 Å². The van der Waals surface area contributed by atoms with Gasteiger partial charge in [0.25, 0.3) is 5.91 Å². The maximum Gasteiger partial charge on any atom is 0.417 e.